The molecule has 2 aromatic rings. The highest BCUT2D eigenvalue weighted by Crippen LogP contribution is 2.29. The van der Waals surface area contributed by atoms with Crippen molar-refractivity contribution in [3.05, 3.63) is 54.4 Å². The number of aliphatic imine (C=N–C) groups is 1. The molecule has 1 fully saturated rings. The third kappa shape index (κ3) is 4.48. The average Bonchev–Trinajstić information content (AvgIpc) is 2.71. The van der Waals surface area contributed by atoms with Gasteiger partial charge in [-0.2, -0.15) is 0 Å². The van der Waals surface area contributed by atoms with Gasteiger partial charge in [0.2, 0.25) is 0 Å². The van der Waals surface area contributed by atoms with E-state index in [4.69, 9.17) is 0 Å². The zero-order chi connectivity index (χ0) is 19.2. The fraction of sp³-hybridized carbons (Fsp3) is 0.364. The summed E-state index contributed by atoms with van der Waals surface area (Å²) in [5, 5.41) is 16.6. The van der Waals surface area contributed by atoms with Crippen molar-refractivity contribution in [3.63, 3.8) is 0 Å². The van der Waals surface area contributed by atoms with E-state index in [1.54, 1.807) is 12.3 Å². The number of anilines is 1. The number of nitrogens with zero attached hydrogens (tertiary/aromatic N) is 2. The summed E-state index contributed by atoms with van der Waals surface area (Å²) in [6.45, 7) is 8.67. The van der Waals surface area contributed by atoms with Crippen LogP contribution in [0.3, 0.4) is 0 Å². The molecule has 3 N–H and O–H groups in total. The molecule has 1 aliphatic heterocycles. The number of nitrogens with one attached hydrogen (secondary N) is 2. The number of pyridine rings is 1. The number of rotatable bonds is 2. The van der Waals surface area contributed by atoms with Crippen molar-refractivity contribution < 1.29 is 5.11 Å². The molecule has 1 aliphatic carbocycles. The van der Waals surface area contributed by atoms with Crippen molar-refractivity contribution in [2.45, 2.75) is 45.6 Å². The first-order valence-electron chi connectivity index (χ1n) is 9.69. The first kappa shape index (κ1) is 19.0. The molecule has 0 amide bonds. The van der Waals surface area contributed by atoms with E-state index in [1.165, 1.54) is 11.8 Å². The third-order valence-electron chi connectivity index (χ3n) is 4.87. The zero-order valence-corrected chi connectivity index (χ0v) is 16.1. The highest BCUT2D eigenvalue weighted by Gasteiger charge is 2.21. The molecule has 0 unspecified atom stereocenters. The van der Waals surface area contributed by atoms with Gasteiger partial charge in [-0.1, -0.05) is 32.1 Å². The lowest BCUT2D eigenvalue weighted by Gasteiger charge is -2.28. The lowest BCUT2D eigenvalue weighted by atomic mass is 9.91. The molecule has 0 saturated heterocycles. The largest absolute Gasteiger partial charge is 0.506 e. The molecule has 2 aliphatic rings. The van der Waals surface area contributed by atoms with Crippen LogP contribution in [0.5, 0.6) is 5.75 Å². The van der Waals surface area contributed by atoms with Crippen LogP contribution in [0.2, 0.25) is 0 Å². The molecule has 1 saturated carbocycles. The van der Waals surface area contributed by atoms with Crippen molar-refractivity contribution >= 4 is 11.5 Å². The molecular weight excluding hydrogens is 336 g/mol. The number of hydrogen-bond donors (Lipinski definition) is 3. The smallest absolute Gasteiger partial charge is 0.134 e. The molecule has 0 atom stereocenters. The third-order valence-corrected chi connectivity index (χ3v) is 4.87. The van der Waals surface area contributed by atoms with E-state index in [-0.39, 0.29) is 5.75 Å². The van der Waals surface area contributed by atoms with Crippen LogP contribution in [0, 0.1) is 0 Å². The summed E-state index contributed by atoms with van der Waals surface area (Å²) >= 11 is 0. The summed E-state index contributed by atoms with van der Waals surface area (Å²) in [6, 6.07) is 8.37. The fourth-order valence-electron chi connectivity index (χ4n) is 3.44. The van der Waals surface area contributed by atoms with Crippen molar-refractivity contribution in [1.29, 1.82) is 0 Å². The van der Waals surface area contributed by atoms with Crippen LogP contribution in [-0.4, -0.2) is 28.6 Å². The predicted octanol–water partition coefficient (Wildman–Crippen LogP) is 4.70. The van der Waals surface area contributed by atoms with Gasteiger partial charge in [-0.05, 0) is 49.4 Å². The second kappa shape index (κ2) is 8.71. The van der Waals surface area contributed by atoms with Crippen LogP contribution in [0.25, 0.3) is 11.1 Å². The van der Waals surface area contributed by atoms with Crippen LogP contribution in [0.4, 0.5) is 5.69 Å². The molecule has 5 nitrogen and oxygen atoms in total. The summed E-state index contributed by atoms with van der Waals surface area (Å²) in [5.74, 6) is 1.11. The van der Waals surface area contributed by atoms with Crippen LogP contribution in [0.1, 0.15) is 45.1 Å². The molecule has 0 bridgehead atoms. The van der Waals surface area contributed by atoms with Crippen LogP contribution < -0.4 is 10.6 Å². The minimum atomic E-state index is 0.169. The van der Waals surface area contributed by atoms with Gasteiger partial charge in [0, 0.05) is 29.1 Å². The standard InChI is InChI=1S/C20H22N4O.C2H6/c1-13-2-5-16(6-3-13)24-20-18-9-14(4-7-19(18)22-12-23-20)15-8-17(25)11-21-10-15;1-2/h4,7-11,16,22,25H,1-3,5-6,12H2,(H,23,24);1-2H3. The number of hydrogen-bond acceptors (Lipinski definition) is 5. The van der Waals surface area contributed by atoms with Gasteiger partial charge in [0.25, 0.3) is 0 Å². The Morgan fingerprint density at radius 2 is 1.89 bits per heavy atom. The molecule has 1 aromatic carbocycles. The van der Waals surface area contributed by atoms with E-state index in [0.717, 1.165) is 53.9 Å². The molecule has 0 spiro atoms. The van der Waals surface area contributed by atoms with E-state index in [0.29, 0.717) is 12.7 Å². The van der Waals surface area contributed by atoms with Gasteiger partial charge in [-0.3, -0.25) is 4.98 Å². The van der Waals surface area contributed by atoms with Gasteiger partial charge in [-0.15, -0.1) is 0 Å². The zero-order valence-electron chi connectivity index (χ0n) is 16.1. The van der Waals surface area contributed by atoms with Gasteiger partial charge in [0.1, 0.15) is 18.3 Å². The topological polar surface area (TPSA) is 69.5 Å². The van der Waals surface area contributed by atoms with Crippen molar-refractivity contribution in [2.24, 2.45) is 4.99 Å². The maximum absolute atomic E-state index is 9.68. The van der Waals surface area contributed by atoms with E-state index in [9.17, 15) is 5.11 Å². The Balaban J connectivity index is 0.00000102. The van der Waals surface area contributed by atoms with Gasteiger partial charge < -0.3 is 15.7 Å². The highest BCUT2D eigenvalue weighted by molar-refractivity contribution is 6.05. The number of aromatic hydroxyl groups is 1. The van der Waals surface area contributed by atoms with Gasteiger partial charge in [0.15, 0.2) is 0 Å². The molecular formula is C22H28N4O. The minimum Gasteiger partial charge on any atom is -0.506 e. The minimum absolute atomic E-state index is 0.169. The lowest BCUT2D eigenvalue weighted by molar-refractivity contribution is 0.473. The molecule has 2 heterocycles. The summed E-state index contributed by atoms with van der Waals surface area (Å²) in [6.07, 6.45) is 7.59. The Morgan fingerprint density at radius 3 is 2.63 bits per heavy atom. The average molecular weight is 364 g/mol. The van der Waals surface area contributed by atoms with E-state index < -0.39 is 0 Å². The number of amidine groups is 1. The Kier molecular flexibility index (Phi) is 6.12. The number of allylic oxidation sites excluding steroid dienone is 1. The van der Waals surface area contributed by atoms with E-state index in [2.05, 4.69) is 39.3 Å². The van der Waals surface area contributed by atoms with Crippen LogP contribution >= 0.6 is 0 Å². The molecule has 4 rings (SSSR count). The van der Waals surface area contributed by atoms with Gasteiger partial charge in [-0.25, -0.2) is 4.99 Å². The second-order valence-corrected chi connectivity index (χ2v) is 6.70. The molecule has 27 heavy (non-hydrogen) atoms. The highest BCUT2D eigenvalue weighted by atomic mass is 16.3. The van der Waals surface area contributed by atoms with Gasteiger partial charge >= 0.3 is 0 Å². The van der Waals surface area contributed by atoms with Crippen LogP contribution in [0.15, 0.2) is 53.8 Å². The maximum atomic E-state index is 9.68. The fourth-order valence-corrected chi connectivity index (χ4v) is 3.44. The number of fused-ring (bicyclic) bond motifs is 1. The van der Waals surface area contributed by atoms with Gasteiger partial charge in [0.05, 0.1) is 6.20 Å². The van der Waals surface area contributed by atoms with Crippen LogP contribution in [-0.2, 0) is 0 Å². The molecule has 142 valence electrons. The monoisotopic (exact) mass is 364 g/mol. The summed E-state index contributed by atoms with van der Waals surface area (Å²) in [7, 11) is 0. The Hall–Kier alpha value is -2.82. The predicted molar refractivity (Wildman–Crippen MR) is 112 cm³/mol. The molecule has 0 radical (unpaired) electrons. The number of aromatic nitrogens is 1. The Labute approximate surface area is 161 Å². The van der Waals surface area contributed by atoms with Crippen molar-refractivity contribution in [3.8, 4) is 16.9 Å². The number of benzene rings is 1. The van der Waals surface area contributed by atoms with E-state index in [1.807, 2.05) is 19.9 Å². The summed E-state index contributed by atoms with van der Waals surface area (Å²) in [4.78, 5) is 8.72. The van der Waals surface area contributed by atoms with Crippen molar-refractivity contribution in [1.82, 2.24) is 10.3 Å². The SMILES string of the molecule is C=C1CCC(NC2=NCNc3ccc(-c4cncc(O)c4)cc32)CC1.CC. The lowest BCUT2D eigenvalue weighted by Crippen LogP contribution is -2.39. The molecule has 5 heteroatoms. The van der Waals surface area contributed by atoms with Crippen molar-refractivity contribution in [2.75, 3.05) is 12.0 Å². The maximum Gasteiger partial charge on any atom is 0.134 e. The van der Waals surface area contributed by atoms with E-state index >= 15 is 0 Å². The Morgan fingerprint density at radius 1 is 1.11 bits per heavy atom. The first-order chi connectivity index (χ1) is 13.2. The summed E-state index contributed by atoms with van der Waals surface area (Å²) in [5.41, 5.74) is 5.40. The molecule has 1 aromatic heterocycles. The summed E-state index contributed by atoms with van der Waals surface area (Å²) < 4.78 is 0. The Bertz CT molecular complexity index is 834. The first-order valence-corrected chi connectivity index (χ1v) is 9.69. The normalized spacial score (nSPS) is 16.4. The second-order valence-electron chi connectivity index (χ2n) is 6.70. The quantitative estimate of drug-likeness (QED) is 0.676.